The second-order valence-corrected chi connectivity index (χ2v) is 16.4. The van der Waals surface area contributed by atoms with E-state index in [4.69, 9.17) is 22.9 Å². The molecule has 0 aliphatic heterocycles. The highest BCUT2D eigenvalue weighted by molar-refractivity contribution is 6.00. The molecule has 344 valence electrons. The summed E-state index contributed by atoms with van der Waals surface area (Å²) in [6.45, 7) is 4.81. The maximum atomic E-state index is 14.4. The molecule has 3 aromatic carbocycles. The average Bonchev–Trinajstić information content (AvgIpc) is 4.00. The number of aromatic hydroxyl groups is 1. The third kappa shape index (κ3) is 15.1. The van der Waals surface area contributed by atoms with Gasteiger partial charge in [-0.2, -0.15) is 0 Å². The normalized spacial score (nSPS) is 17.5. The van der Waals surface area contributed by atoms with Crippen LogP contribution in [0.5, 0.6) is 5.75 Å². The molecule has 1 aliphatic rings. The zero-order valence-corrected chi connectivity index (χ0v) is 36.3. The number of primary amides is 1. The third-order valence-corrected chi connectivity index (χ3v) is 10.9. The van der Waals surface area contributed by atoms with Gasteiger partial charge in [0.15, 0.2) is 5.96 Å². The molecular weight excluding hydrogens is 823 g/mol. The van der Waals surface area contributed by atoms with Gasteiger partial charge < -0.3 is 59.9 Å². The molecule has 4 rings (SSSR count). The minimum absolute atomic E-state index is 0.0214. The van der Waals surface area contributed by atoms with Crippen molar-refractivity contribution in [1.29, 1.82) is 0 Å². The van der Waals surface area contributed by atoms with Crippen LogP contribution in [-0.2, 0) is 52.8 Å². The summed E-state index contributed by atoms with van der Waals surface area (Å²) < 4.78 is 0. The number of rotatable bonds is 24. The maximum absolute atomic E-state index is 14.4. The molecule has 7 amide bonds. The van der Waals surface area contributed by atoms with E-state index < -0.39 is 83.6 Å². The topological polar surface area (TPSA) is 328 Å². The lowest BCUT2D eigenvalue weighted by molar-refractivity contribution is -0.135. The second kappa shape index (κ2) is 23.4. The Labute approximate surface area is 372 Å². The number of amides is 7. The van der Waals surface area contributed by atoms with Crippen LogP contribution in [0, 0.1) is 11.8 Å². The van der Waals surface area contributed by atoms with E-state index in [-0.39, 0.29) is 68.6 Å². The molecular formula is C45H61N11O8. The van der Waals surface area contributed by atoms with Gasteiger partial charge in [-0.1, -0.05) is 86.6 Å². The molecule has 1 saturated carbocycles. The second-order valence-electron chi connectivity index (χ2n) is 16.4. The van der Waals surface area contributed by atoms with Crippen molar-refractivity contribution in [3.05, 3.63) is 102 Å². The van der Waals surface area contributed by atoms with E-state index in [9.17, 15) is 38.7 Å². The predicted molar refractivity (Wildman–Crippen MR) is 239 cm³/mol. The number of carbonyl (C=O) groups is 7. The number of nitrogens with one attached hydrogen (secondary N) is 6. The smallest absolute Gasteiger partial charge is 0.246 e. The Kier molecular flexibility index (Phi) is 18.2. The molecule has 0 radical (unpaired) electrons. The van der Waals surface area contributed by atoms with E-state index in [1.807, 2.05) is 19.9 Å². The Morgan fingerprint density at radius 3 is 1.81 bits per heavy atom. The summed E-state index contributed by atoms with van der Waals surface area (Å²) in [4.78, 5) is 97.9. The van der Waals surface area contributed by atoms with E-state index in [2.05, 4.69) is 36.9 Å². The van der Waals surface area contributed by atoms with Crippen molar-refractivity contribution in [1.82, 2.24) is 31.9 Å². The average molecular weight is 884 g/mol. The Hall–Kier alpha value is -7.02. The molecule has 1 aliphatic carbocycles. The number of phenols is 1. The highest BCUT2D eigenvalue weighted by Gasteiger charge is 2.62. The predicted octanol–water partition coefficient (Wildman–Crippen LogP) is -1.11. The highest BCUT2D eigenvalue weighted by atomic mass is 16.3. The zero-order chi connectivity index (χ0) is 47.0. The molecule has 0 aromatic heterocycles. The number of hydrogen-bond acceptors (Lipinski definition) is 10. The first-order chi connectivity index (χ1) is 30.4. The molecule has 3 aromatic rings. The molecule has 7 atom stereocenters. The number of aliphatic imine (C=N–C) groups is 1. The monoisotopic (exact) mass is 883 g/mol. The van der Waals surface area contributed by atoms with E-state index in [1.54, 1.807) is 66.7 Å². The Morgan fingerprint density at radius 2 is 1.27 bits per heavy atom. The fraction of sp³-hybridized carbons (Fsp3) is 0.422. The zero-order valence-electron chi connectivity index (χ0n) is 36.3. The summed E-state index contributed by atoms with van der Waals surface area (Å²) in [5.41, 5.74) is 23.4. The van der Waals surface area contributed by atoms with Gasteiger partial charge in [0.25, 0.3) is 0 Å². The van der Waals surface area contributed by atoms with Crippen molar-refractivity contribution in [2.45, 2.75) is 95.0 Å². The molecule has 1 fully saturated rings. The largest absolute Gasteiger partial charge is 0.508 e. The number of carbonyl (C=O) groups excluding carboxylic acids is 7. The quantitative estimate of drug-likeness (QED) is 0.0291. The van der Waals surface area contributed by atoms with Gasteiger partial charge >= 0.3 is 0 Å². The highest BCUT2D eigenvalue weighted by Crippen LogP contribution is 2.49. The van der Waals surface area contributed by atoms with E-state index in [1.165, 1.54) is 19.1 Å². The van der Waals surface area contributed by atoms with Crippen molar-refractivity contribution < 1.29 is 38.7 Å². The van der Waals surface area contributed by atoms with Crippen LogP contribution in [0.4, 0.5) is 0 Å². The lowest BCUT2D eigenvalue weighted by Gasteiger charge is -2.28. The fourth-order valence-corrected chi connectivity index (χ4v) is 7.26. The standard InChI is InChI=1S/C45H61N11O8/c1-26(2)32-24-45(32,43(64)55-34(15-10-20-50-44(48)49)41(62)54-35(38(47)59)22-28-11-6-4-7-12-28)56-42(63)36(23-29-13-8-5-9-14-29)53-37(58)25-51-39(60)27(3)52-40(61)33(46)21-30-16-18-31(57)19-17-30/h4-9,11-14,16-19,26-27,32-36,57H,10,15,20-25,46H2,1-3H3,(H2,47,59)(H,51,60)(H,52,61)(H,53,58)(H,54,62)(H,55,64)(H,56,63)(H4,48,49,50)/t27-,32-,33-,34-,35-,36-,45+/m0/s1. The van der Waals surface area contributed by atoms with Crippen molar-refractivity contribution >= 4 is 47.3 Å². The van der Waals surface area contributed by atoms with Crippen LogP contribution in [0.15, 0.2) is 89.9 Å². The first-order valence-electron chi connectivity index (χ1n) is 21.1. The van der Waals surface area contributed by atoms with Crippen LogP contribution in [0.2, 0.25) is 0 Å². The summed E-state index contributed by atoms with van der Waals surface area (Å²) >= 11 is 0. The summed E-state index contributed by atoms with van der Waals surface area (Å²) in [5.74, 6) is -5.31. The van der Waals surface area contributed by atoms with Gasteiger partial charge in [0.1, 0.15) is 35.5 Å². The van der Waals surface area contributed by atoms with E-state index >= 15 is 0 Å². The number of guanidine groups is 1. The summed E-state index contributed by atoms with van der Waals surface area (Å²) in [6, 6.07) is 18.4. The molecule has 19 nitrogen and oxygen atoms in total. The van der Waals surface area contributed by atoms with Gasteiger partial charge in [0, 0.05) is 19.4 Å². The Bertz CT molecular complexity index is 2120. The molecule has 0 bridgehead atoms. The molecule has 0 saturated heterocycles. The number of benzene rings is 3. The minimum atomic E-state index is -1.47. The molecule has 0 heterocycles. The Morgan fingerprint density at radius 1 is 0.688 bits per heavy atom. The number of nitrogens with zero attached hydrogens (tertiary/aromatic N) is 1. The van der Waals surface area contributed by atoms with Gasteiger partial charge in [-0.25, -0.2) is 0 Å². The summed E-state index contributed by atoms with van der Waals surface area (Å²) in [7, 11) is 0. The SMILES string of the molecule is CC(C)[C@@H]1C[C@]1(NC(=O)[C@H](Cc1ccccc1)NC(=O)CNC(=O)[C@H](C)NC(=O)[C@@H](N)Cc1ccc(O)cc1)C(=O)N[C@@H](CCCN=C(N)N)C(=O)N[C@@H](Cc1ccccc1)C(N)=O. The molecule has 0 unspecified atom stereocenters. The minimum Gasteiger partial charge on any atom is -0.508 e. The fourth-order valence-electron chi connectivity index (χ4n) is 7.26. The lowest BCUT2D eigenvalue weighted by Crippen LogP contribution is -2.61. The van der Waals surface area contributed by atoms with E-state index in [0.717, 1.165) is 5.56 Å². The van der Waals surface area contributed by atoms with E-state index in [0.29, 0.717) is 11.1 Å². The van der Waals surface area contributed by atoms with Crippen LogP contribution in [0.1, 0.15) is 56.7 Å². The first kappa shape index (κ1) is 49.6. The Balaban J connectivity index is 1.46. The molecule has 64 heavy (non-hydrogen) atoms. The van der Waals surface area contributed by atoms with Crippen LogP contribution < -0.4 is 54.8 Å². The summed E-state index contributed by atoms with van der Waals surface area (Å²) in [5, 5.41) is 25.5. The lowest BCUT2D eigenvalue weighted by atomic mass is 10.00. The molecule has 0 spiro atoms. The van der Waals surface area contributed by atoms with Gasteiger partial charge in [0.2, 0.25) is 41.4 Å². The van der Waals surface area contributed by atoms with Crippen LogP contribution in [0.25, 0.3) is 0 Å². The number of phenolic OH excluding ortho intramolecular Hbond substituents is 1. The van der Waals surface area contributed by atoms with Crippen molar-refractivity contribution in [3.8, 4) is 5.75 Å². The van der Waals surface area contributed by atoms with Crippen molar-refractivity contribution in [2.75, 3.05) is 13.1 Å². The van der Waals surface area contributed by atoms with Gasteiger partial charge in [0.05, 0.1) is 12.6 Å². The van der Waals surface area contributed by atoms with Crippen LogP contribution in [-0.4, -0.2) is 101 Å². The van der Waals surface area contributed by atoms with Crippen molar-refractivity contribution in [3.63, 3.8) is 0 Å². The maximum Gasteiger partial charge on any atom is 0.246 e. The number of nitrogens with two attached hydrogens (primary N) is 4. The number of hydrogen-bond donors (Lipinski definition) is 11. The van der Waals surface area contributed by atoms with Crippen LogP contribution >= 0.6 is 0 Å². The van der Waals surface area contributed by atoms with Gasteiger partial charge in [-0.15, -0.1) is 0 Å². The molecule has 15 N–H and O–H groups in total. The first-order valence-corrected chi connectivity index (χ1v) is 21.1. The summed E-state index contributed by atoms with van der Waals surface area (Å²) in [6.07, 6.45) is 0.842. The van der Waals surface area contributed by atoms with Crippen molar-refractivity contribution in [2.24, 2.45) is 39.8 Å². The molecule has 19 heteroatoms. The van der Waals surface area contributed by atoms with Gasteiger partial charge in [-0.05, 0) is 73.3 Å². The van der Waals surface area contributed by atoms with Crippen LogP contribution in [0.3, 0.4) is 0 Å². The third-order valence-electron chi connectivity index (χ3n) is 10.9. The van der Waals surface area contributed by atoms with Gasteiger partial charge in [-0.3, -0.25) is 38.6 Å².